The number of pyridine rings is 1. The monoisotopic (exact) mass is 274 g/mol. The van der Waals surface area contributed by atoms with Crippen molar-refractivity contribution in [2.24, 2.45) is 0 Å². The smallest absolute Gasteiger partial charge is 0.0409 e. The molecule has 0 radical (unpaired) electrons. The molecule has 0 fully saturated rings. The minimum Gasteiger partial charge on any atom is -0.310 e. The van der Waals surface area contributed by atoms with Gasteiger partial charge < -0.3 is 5.32 Å². The van der Waals surface area contributed by atoms with E-state index in [-0.39, 0.29) is 6.04 Å². The summed E-state index contributed by atoms with van der Waals surface area (Å²) >= 11 is 6.09. The number of nitrogens with one attached hydrogen (secondary N) is 1. The largest absolute Gasteiger partial charge is 0.310 e. The molecule has 3 heteroatoms. The van der Waals surface area contributed by atoms with Crippen LogP contribution in [0.2, 0.25) is 5.02 Å². The average molecular weight is 275 g/mol. The number of nitrogens with zero attached hydrogens (tertiary/aromatic N) is 1. The molecule has 0 aliphatic rings. The van der Waals surface area contributed by atoms with Crippen LogP contribution >= 0.6 is 11.6 Å². The molecule has 1 N–H and O–H groups in total. The molecule has 2 rings (SSSR count). The van der Waals surface area contributed by atoms with Crippen molar-refractivity contribution in [1.82, 2.24) is 10.3 Å². The van der Waals surface area contributed by atoms with Crippen molar-refractivity contribution in [3.05, 3.63) is 64.9 Å². The van der Waals surface area contributed by atoms with Crippen LogP contribution in [0.15, 0.2) is 48.8 Å². The minimum atomic E-state index is 0.280. The highest BCUT2D eigenvalue weighted by Crippen LogP contribution is 2.21. The van der Waals surface area contributed by atoms with E-state index in [0.717, 1.165) is 24.4 Å². The maximum atomic E-state index is 6.09. The van der Waals surface area contributed by atoms with E-state index in [9.17, 15) is 0 Å². The van der Waals surface area contributed by atoms with E-state index in [1.165, 1.54) is 11.1 Å². The summed E-state index contributed by atoms with van der Waals surface area (Å²) in [5, 5.41) is 4.36. The van der Waals surface area contributed by atoms with Gasteiger partial charge >= 0.3 is 0 Å². The second-order valence-electron chi connectivity index (χ2n) is 4.63. The van der Waals surface area contributed by atoms with Crippen molar-refractivity contribution in [3.8, 4) is 0 Å². The van der Waals surface area contributed by atoms with Gasteiger partial charge in [-0.05, 0) is 48.7 Å². The lowest BCUT2D eigenvalue weighted by Gasteiger charge is -2.19. The summed E-state index contributed by atoms with van der Waals surface area (Å²) in [4.78, 5) is 4.18. The molecule has 1 unspecified atom stereocenters. The normalized spacial score (nSPS) is 12.3. The van der Waals surface area contributed by atoms with E-state index in [1.807, 2.05) is 30.5 Å². The van der Waals surface area contributed by atoms with Crippen molar-refractivity contribution >= 4 is 11.6 Å². The molecule has 2 nitrogen and oxygen atoms in total. The molecule has 1 heterocycles. The Morgan fingerprint density at radius 1 is 1.26 bits per heavy atom. The second kappa shape index (κ2) is 7.27. The predicted molar refractivity (Wildman–Crippen MR) is 80.4 cm³/mol. The summed E-state index contributed by atoms with van der Waals surface area (Å²) < 4.78 is 0. The van der Waals surface area contributed by atoms with Crippen LogP contribution in [0.1, 0.15) is 30.5 Å². The van der Waals surface area contributed by atoms with Gasteiger partial charge in [-0.2, -0.15) is 0 Å². The van der Waals surface area contributed by atoms with Gasteiger partial charge in [0.1, 0.15) is 0 Å². The van der Waals surface area contributed by atoms with E-state index in [4.69, 9.17) is 11.6 Å². The van der Waals surface area contributed by atoms with Crippen molar-refractivity contribution in [1.29, 1.82) is 0 Å². The van der Waals surface area contributed by atoms with Gasteiger partial charge in [-0.25, -0.2) is 0 Å². The van der Waals surface area contributed by atoms with Gasteiger partial charge in [0.05, 0.1) is 0 Å². The first-order valence-corrected chi connectivity index (χ1v) is 7.05. The zero-order valence-electron chi connectivity index (χ0n) is 11.1. The molecule has 1 aromatic heterocycles. The Kier molecular flexibility index (Phi) is 5.37. The Hall–Kier alpha value is -1.38. The highest BCUT2D eigenvalue weighted by molar-refractivity contribution is 6.30. The van der Waals surface area contributed by atoms with E-state index >= 15 is 0 Å². The molecule has 0 amide bonds. The predicted octanol–water partition coefficient (Wildman–Crippen LogP) is 4.02. The number of hydrogen-bond donors (Lipinski definition) is 1. The maximum absolute atomic E-state index is 6.09. The summed E-state index contributed by atoms with van der Waals surface area (Å²) in [6.07, 6.45) is 5.76. The summed E-state index contributed by atoms with van der Waals surface area (Å²) in [6, 6.07) is 12.4. The van der Waals surface area contributed by atoms with E-state index in [1.54, 1.807) is 6.20 Å². The number of halogens is 1. The number of aromatic nitrogens is 1. The van der Waals surface area contributed by atoms with E-state index in [0.29, 0.717) is 0 Å². The Morgan fingerprint density at radius 3 is 2.84 bits per heavy atom. The van der Waals surface area contributed by atoms with Crippen LogP contribution in [-0.2, 0) is 6.42 Å². The molecule has 0 aliphatic carbocycles. The molecule has 0 spiro atoms. The van der Waals surface area contributed by atoms with Crippen LogP contribution in [-0.4, -0.2) is 11.5 Å². The molecule has 1 atom stereocenters. The zero-order chi connectivity index (χ0) is 13.5. The molecule has 2 aromatic rings. The SMILES string of the molecule is CCCNC(Cc1cccnc1)c1cccc(Cl)c1. The Morgan fingerprint density at radius 2 is 2.16 bits per heavy atom. The van der Waals surface area contributed by atoms with Crippen LogP contribution in [0.4, 0.5) is 0 Å². The summed E-state index contributed by atoms with van der Waals surface area (Å²) in [7, 11) is 0. The fraction of sp³-hybridized carbons (Fsp3) is 0.312. The zero-order valence-corrected chi connectivity index (χ0v) is 11.9. The molecule has 0 saturated carbocycles. The molecule has 0 bridgehead atoms. The van der Waals surface area contributed by atoms with Crippen LogP contribution in [0, 0.1) is 0 Å². The Labute approximate surface area is 119 Å². The lowest BCUT2D eigenvalue weighted by atomic mass is 10.00. The van der Waals surface area contributed by atoms with Gasteiger partial charge in [-0.3, -0.25) is 4.98 Å². The third kappa shape index (κ3) is 4.34. The van der Waals surface area contributed by atoms with Gasteiger partial charge in [-0.1, -0.05) is 36.7 Å². The van der Waals surface area contributed by atoms with E-state index in [2.05, 4.69) is 29.4 Å². The lowest BCUT2D eigenvalue weighted by Crippen LogP contribution is -2.24. The van der Waals surface area contributed by atoms with Gasteiger partial charge in [0, 0.05) is 23.5 Å². The molecular formula is C16H19ClN2. The van der Waals surface area contributed by atoms with Crippen LogP contribution in [0.5, 0.6) is 0 Å². The van der Waals surface area contributed by atoms with Crippen LogP contribution in [0.25, 0.3) is 0 Å². The van der Waals surface area contributed by atoms with Crippen molar-refractivity contribution in [2.45, 2.75) is 25.8 Å². The maximum Gasteiger partial charge on any atom is 0.0409 e. The third-order valence-corrected chi connectivity index (χ3v) is 3.29. The van der Waals surface area contributed by atoms with Crippen LogP contribution < -0.4 is 5.32 Å². The third-order valence-electron chi connectivity index (χ3n) is 3.05. The van der Waals surface area contributed by atoms with Gasteiger partial charge in [-0.15, -0.1) is 0 Å². The Bertz CT molecular complexity index is 499. The number of benzene rings is 1. The fourth-order valence-corrected chi connectivity index (χ4v) is 2.30. The summed E-state index contributed by atoms with van der Waals surface area (Å²) in [5.41, 5.74) is 2.46. The van der Waals surface area contributed by atoms with Crippen molar-refractivity contribution in [2.75, 3.05) is 6.54 Å². The Balaban J connectivity index is 2.16. The average Bonchev–Trinajstić information content (AvgIpc) is 2.44. The van der Waals surface area contributed by atoms with Gasteiger partial charge in [0.15, 0.2) is 0 Å². The van der Waals surface area contributed by atoms with Crippen LogP contribution in [0.3, 0.4) is 0 Å². The summed E-state index contributed by atoms with van der Waals surface area (Å²) in [6.45, 7) is 3.17. The topological polar surface area (TPSA) is 24.9 Å². The fourth-order valence-electron chi connectivity index (χ4n) is 2.10. The highest BCUT2D eigenvalue weighted by atomic mass is 35.5. The molecule has 100 valence electrons. The van der Waals surface area contributed by atoms with E-state index < -0.39 is 0 Å². The molecule has 19 heavy (non-hydrogen) atoms. The van der Waals surface area contributed by atoms with Gasteiger partial charge in [0.2, 0.25) is 0 Å². The minimum absolute atomic E-state index is 0.280. The lowest BCUT2D eigenvalue weighted by molar-refractivity contribution is 0.529. The molecule has 0 aliphatic heterocycles. The first-order chi connectivity index (χ1) is 9.29. The number of rotatable bonds is 6. The standard InChI is InChI=1S/C16H19ClN2/c1-2-8-19-16(10-13-5-4-9-18-12-13)14-6-3-7-15(17)11-14/h3-7,9,11-12,16,19H,2,8,10H2,1H3. The summed E-state index contributed by atoms with van der Waals surface area (Å²) in [5.74, 6) is 0. The first-order valence-electron chi connectivity index (χ1n) is 6.67. The molecular weight excluding hydrogens is 256 g/mol. The number of hydrogen-bond acceptors (Lipinski definition) is 2. The quantitative estimate of drug-likeness (QED) is 0.861. The van der Waals surface area contributed by atoms with Gasteiger partial charge in [0.25, 0.3) is 0 Å². The van der Waals surface area contributed by atoms with Crippen molar-refractivity contribution in [3.63, 3.8) is 0 Å². The van der Waals surface area contributed by atoms with Crippen molar-refractivity contribution < 1.29 is 0 Å². The molecule has 1 aromatic carbocycles. The first kappa shape index (κ1) is 14.0. The second-order valence-corrected chi connectivity index (χ2v) is 5.06. The molecule has 0 saturated heterocycles. The highest BCUT2D eigenvalue weighted by Gasteiger charge is 2.11.